The van der Waals surface area contributed by atoms with Crippen molar-refractivity contribution in [2.24, 2.45) is 7.05 Å². The van der Waals surface area contributed by atoms with Crippen LogP contribution in [0.4, 0.5) is 0 Å². The van der Waals surface area contributed by atoms with E-state index in [2.05, 4.69) is 10.2 Å². The summed E-state index contributed by atoms with van der Waals surface area (Å²) in [5.41, 5.74) is 1.91. The number of aromatic nitrogens is 3. The van der Waals surface area contributed by atoms with E-state index in [-0.39, 0.29) is 11.2 Å². The van der Waals surface area contributed by atoms with Crippen LogP contribution in [0, 0.1) is 6.92 Å². The first-order valence-corrected chi connectivity index (χ1v) is 9.97. The van der Waals surface area contributed by atoms with E-state index in [4.69, 9.17) is 4.42 Å². The zero-order valence-corrected chi connectivity index (χ0v) is 16.3. The number of furan rings is 1. The lowest BCUT2D eigenvalue weighted by Gasteiger charge is -2.22. The molecule has 0 spiro atoms. The van der Waals surface area contributed by atoms with Crippen molar-refractivity contribution in [1.29, 1.82) is 0 Å². The molecular weight excluding hydrogens is 360 g/mol. The number of nitrogens with zero attached hydrogens (tertiary/aromatic N) is 4. The lowest BCUT2D eigenvalue weighted by atomic mass is 10.1. The smallest absolute Gasteiger partial charge is 0.240 e. The van der Waals surface area contributed by atoms with Gasteiger partial charge in [-0.2, -0.15) is 0 Å². The number of hydrogen-bond donors (Lipinski definition) is 0. The highest BCUT2D eigenvalue weighted by molar-refractivity contribution is 8.00. The van der Waals surface area contributed by atoms with Gasteiger partial charge in [-0.15, -0.1) is 10.2 Å². The lowest BCUT2D eigenvalue weighted by Crippen LogP contribution is -2.31. The second-order valence-electron chi connectivity index (χ2n) is 6.70. The molecule has 1 amide bonds. The number of thioether (sulfide) groups is 1. The van der Waals surface area contributed by atoms with Crippen LogP contribution < -0.4 is 0 Å². The second kappa shape index (κ2) is 7.60. The Morgan fingerprint density at radius 2 is 1.89 bits per heavy atom. The Labute approximate surface area is 162 Å². The van der Waals surface area contributed by atoms with Gasteiger partial charge in [0.25, 0.3) is 0 Å². The fourth-order valence-electron chi connectivity index (χ4n) is 3.37. The summed E-state index contributed by atoms with van der Waals surface area (Å²) in [7, 11) is 1.92. The molecule has 0 unspecified atom stereocenters. The Bertz CT molecular complexity index is 929. The normalized spacial score (nSPS) is 15.3. The Balaban J connectivity index is 1.65. The number of likely N-dealkylation sites (tertiary alicyclic amines) is 1. The van der Waals surface area contributed by atoms with Crippen molar-refractivity contribution < 1.29 is 9.21 Å². The molecule has 1 fully saturated rings. The van der Waals surface area contributed by atoms with Crippen molar-refractivity contribution in [2.45, 2.75) is 30.2 Å². The molecular formula is C20H22N4O2S. The SMILES string of the molecule is Cc1occc1-c1nnc(S[C@H](C(=O)N2CCCC2)c2ccccc2)n1C. The third-order valence-corrected chi connectivity index (χ3v) is 6.18. The molecule has 1 saturated heterocycles. The average molecular weight is 382 g/mol. The van der Waals surface area contributed by atoms with Crippen LogP contribution in [0.25, 0.3) is 11.4 Å². The minimum Gasteiger partial charge on any atom is -0.469 e. The van der Waals surface area contributed by atoms with Crippen molar-refractivity contribution >= 4 is 17.7 Å². The van der Waals surface area contributed by atoms with Gasteiger partial charge in [-0.1, -0.05) is 42.1 Å². The molecule has 1 aromatic carbocycles. The van der Waals surface area contributed by atoms with Gasteiger partial charge >= 0.3 is 0 Å². The van der Waals surface area contributed by atoms with Gasteiger partial charge in [-0.3, -0.25) is 4.79 Å². The monoisotopic (exact) mass is 382 g/mol. The highest BCUT2D eigenvalue weighted by atomic mass is 32.2. The number of hydrogen-bond acceptors (Lipinski definition) is 5. The van der Waals surface area contributed by atoms with Gasteiger partial charge in [-0.05, 0) is 31.4 Å². The van der Waals surface area contributed by atoms with Gasteiger partial charge in [0.2, 0.25) is 5.91 Å². The van der Waals surface area contributed by atoms with Gasteiger partial charge < -0.3 is 13.9 Å². The third-order valence-electron chi connectivity index (χ3n) is 4.90. The maximum Gasteiger partial charge on any atom is 0.240 e. The first kappa shape index (κ1) is 17.9. The average Bonchev–Trinajstić information content (AvgIpc) is 3.42. The molecule has 3 aromatic rings. The maximum atomic E-state index is 13.2. The summed E-state index contributed by atoms with van der Waals surface area (Å²) in [5, 5.41) is 9.07. The van der Waals surface area contributed by atoms with Gasteiger partial charge in [0.1, 0.15) is 11.0 Å². The van der Waals surface area contributed by atoms with Gasteiger partial charge in [0.15, 0.2) is 11.0 Å². The molecule has 1 aliphatic heterocycles. The largest absolute Gasteiger partial charge is 0.469 e. The zero-order chi connectivity index (χ0) is 18.8. The van der Waals surface area contributed by atoms with Crippen LogP contribution in [-0.4, -0.2) is 38.7 Å². The summed E-state index contributed by atoms with van der Waals surface area (Å²) in [4.78, 5) is 15.1. The van der Waals surface area contributed by atoms with E-state index in [0.29, 0.717) is 5.16 Å². The molecule has 2 aromatic heterocycles. The number of rotatable bonds is 5. The molecule has 4 rings (SSSR count). The first-order valence-electron chi connectivity index (χ1n) is 9.09. The minimum atomic E-state index is -0.328. The van der Waals surface area contributed by atoms with E-state index < -0.39 is 0 Å². The predicted octanol–water partition coefficient (Wildman–Crippen LogP) is 3.84. The molecule has 0 radical (unpaired) electrons. The Morgan fingerprint density at radius 1 is 1.15 bits per heavy atom. The summed E-state index contributed by atoms with van der Waals surface area (Å²) in [6.45, 7) is 3.57. The number of carbonyl (C=O) groups is 1. The summed E-state index contributed by atoms with van der Waals surface area (Å²) in [6, 6.07) is 11.8. The molecule has 0 N–H and O–H groups in total. The van der Waals surface area contributed by atoms with Crippen LogP contribution in [0.1, 0.15) is 29.4 Å². The summed E-state index contributed by atoms with van der Waals surface area (Å²) >= 11 is 1.45. The minimum absolute atomic E-state index is 0.146. The van der Waals surface area contributed by atoms with Gasteiger partial charge in [0, 0.05) is 20.1 Å². The number of benzene rings is 1. The molecule has 6 nitrogen and oxygen atoms in total. The fourth-order valence-corrected chi connectivity index (χ4v) is 4.45. The first-order chi connectivity index (χ1) is 13.1. The van der Waals surface area contributed by atoms with Crippen LogP contribution in [0.5, 0.6) is 0 Å². The predicted molar refractivity (Wildman–Crippen MR) is 104 cm³/mol. The highest BCUT2D eigenvalue weighted by Gasteiger charge is 2.30. The van der Waals surface area contributed by atoms with Crippen molar-refractivity contribution in [3.63, 3.8) is 0 Å². The van der Waals surface area contributed by atoms with E-state index in [1.165, 1.54) is 11.8 Å². The van der Waals surface area contributed by atoms with Crippen LogP contribution in [-0.2, 0) is 11.8 Å². The number of amides is 1. The van der Waals surface area contributed by atoms with Gasteiger partial charge in [-0.25, -0.2) is 0 Å². The molecule has 0 saturated carbocycles. The molecule has 7 heteroatoms. The zero-order valence-electron chi connectivity index (χ0n) is 15.5. The molecule has 27 heavy (non-hydrogen) atoms. The quantitative estimate of drug-likeness (QED) is 0.628. The standard InChI is InChI=1S/C20H22N4O2S/c1-14-16(10-13-26-14)18-21-22-20(23(18)2)27-17(15-8-4-3-5-9-15)19(25)24-11-6-7-12-24/h3-5,8-10,13,17H,6-7,11-12H2,1-2H3/t17-/m0/s1. The van der Waals surface area contributed by atoms with Crippen LogP contribution >= 0.6 is 11.8 Å². The van der Waals surface area contributed by atoms with Gasteiger partial charge in [0.05, 0.1) is 11.8 Å². The van der Waals surface area contributed by atoms with E-state index in [1.54, 1.807) is 6.26 Å². The molecule has 1 aliphatic rings. The van der Waals surface area contributed by atoms with Crippen LogP contribution in [0.3, 0.4) is 0 Å². The topological polar surface area (TPSA) is 64.2 Å². The molecule has 0 bridgehead atoms. The number of carbonyl (C=O) groups excluding carboxylic acids is 1. The van der Waals surface area contributed by atoms with Crippen molar-refractivity contribution in [2.75, 3.05) is 13.1 Å². The maximum absolute atomic E-state index is 13.2. The summed E-state index contributed by atoms with van der Waals surface area (Å²) in [5.74, 6) is 1.69. The van der Waals surface area contributed by atoms with E-state index in [1.807, 2.05) is 59.8 Å². The second-order valence-corrected chi connectivity index (χ2v) is 7.77. The third kappa shape index (κ3) is 3.51. The van der Waals surface area contributed by atoms with E-state index >= 15 is 0 Å². The molecule has 1 atom stereocenters. The van der Waals surface area contributed by atoms with Crippen LogP contribution in [0.2, 0.25) is 0 Å². The van der Waals surface area contributed by atoms with Crippen molar-refractivity contribution in [3.05, 3.63) is 54.0 Å². The summed E-state index contributed by atoms with van der Waals surface area (Å²) in [6.07, 6.45) is 3.80. The summed E-state index contributed by atoms with van der Waals surface area (Å²) < 4.78 is 7.32. The van der Waals surface area contributed by atoms with Crippen molar-refractivity contribution in [3.8, 4) is 11.4 Å². The molecule has 3 heterocycles. The van der Waals surface area contributed by atoms with Crippen molar-refractivity contribution in [1.82, 2.24) is 19.7 Å². The Hall–Kier alpha value is -2.54. The Morgan fingerprint density at radius 3 is 2.56 bits per heavy atom. The van der Waals surface area contributed by atoms with Crippen LogP contribution in [0.15, 0.2) is 52.2 Å². The lowest BCUT2D eigenvalue weighted by molar-refractivity contribution is -0.129. The Kier molecular flexibility index (Phi) is 5.03. The number of aryl methyl sites for hydroxylation is 1. The molecule has 0 aliphatic carbocycles. The highest BCUT2D eigenvalue weighted by Crippen LogP contribution is 2.37. The van der Waals surface area contributed by atoms with E-state index in [9.17, 15) is 4.79 Å². The fraction of sp³-hybridized carbons (Fsp3) is 0.350. The molecule has 140 valence electrons. The van der Waals surface area contributed by atoms with E-state index in [0.717, 1.165) is 48.6 Å².